The van der Waals surface area contributed by atoms with Crippen LogP contribution in [-0.2, 0) is 14.6 Å². The van der Waals surface area contributed by atoms with Crippen LogP contribution in [0, 0.1) is 0 Å². The third kappa shape index (κ3) is 4.00. The number of rotatable bonds is 3. The molecule has 0 aliphatic rings. The normalized spacial score (nSPS) is 11.2. The Morgan fingerprint density at radius 3 is 2.56 bits per heavy atom. The molecule has 0 saturated carbocycles. The quantitative estimate of drug-likeness (QED) is 0.922. The number of carbonyl (C=O) groups excluding carboxylic acids is 1. The number of nitrogens with one attached hydrogen (secondary N) is 1. The van der Waals surface area contributed by atoms with Crippen LogP contribution < -0.4 is 5.32 Å². The number of hydrogen-bond donors (Lipinski definition) is 1. The Balaban J connectivity index is 2.82. The van der Waals surface area contributed by atoms with Crippen LogP contribution in [0.5, 0.6) is 0 Å². The Kier molecular flexibility index (Phi) is 4.18. The molecule has 0 aliphatic heterocycles. The van der Waals surface area contributed by atoms with Gasteiger partial charge in [0.15, 0.2) is 9.84 Å². The van der Waals surface area contributed by atoms with Crippen molar-refractivity contribution in [2.24, 2.45) is 0 Å². The van der Waals surface area contributed by atoms with E-state index < -0.39 is 21.5 Å². The summed E-state index contributed by atoms with van der Waals surface area (Å²) in [6.45, 7) is 0. The van der Waals surface area contributed by atoms with Gasteiger partial charge in [-0.25, -0.2) is 8.42 Å². The second-order valence-electron chi connectivity index (χ2n) is 3.22. The van der Waals surface area contributed by atoms with Crippen molar-refractivity contribution < 1.29 is 13.2 Å². The third-order valence-electron chi connectivity index (χ3n) is 1.62. The monoisotopic (exact) mass is 281 g/mol. The van der Waals surface area contributed by atoms with Crippen molar-refractivity contribution in [3.8, 4) is 0 Å². The van der Waals surface area contributed by atoms with Gasteiger partial charge in [0.25, 0.3) is 0 Å². The minimum Gasteiger partial charge on any atom is -0.324 e. The summed E-state index contributed by atoms with van der Waals surface area (Å²) >= 11 is 11.5. The highest BCUT2D eigenvalue weighted by Crippen LogP contribution is 2.29. The number of halogens is 2. The van der Waals surface area contributed by atoms with Gasteiger partial charge in [0, 0.05) is 6.26 Å². The maximum Gasteiger partial charge on any atom is 0.239 e. The first-order chi connectivity index (χ1) is 7.29. The molecule has 0 spiro atoms. The summed E-state index contributed by atoms with van der Waals surface area (Å²) < 4.78 is 21.7. The molecule has 0 bridgehead atoms. The number of sulfone groups is 1. The first-order valence-corrected chi connectivity index (χ1v) is 7.03. The van der Waals surface area contributed by atoms with Crippen molar-refractivity contribution in [3.63, 3.8) is 0 Å². The van der Waals surface area contributed by atoms with Gasteiger partial charge in [-0.1, -0.05) is 29.3 Å². The van der Waals surface area contributed by atoms with Crippen LogP contribution in [0.25, 0.3) is 0 Å². The number of anilines is 1. The fraction of sp³-hybridized carbons (Fsp3) is 0.222. The van der Waals surface area contributed by atoms with Crippen molar-refractivity contribution in [3.05, 3.63) is 28.2 Å². The third-order valence-corrected chi connectivity index (χ3v) is 3.22. The van der Waals surface area contributed by atoms with E-state index in [2.05, 4.69) is 5.32 Å². The largest absolute Gasteiger partial charge is 0.324 e. The lowest BCUT2D eigenvalue weighted by Crippen LogP contribution is -2.22. The highest BCUT2D eigenvalue weighted by atomic mass is 35.5. The summed E-state index contributed by atoms with van der Waals surface area (Å²) in [6.07, 6.45) is 0.978. The number of carbonyl (C=O) groups is 1. The Morgan fingerprint density at radius 2 is 2.00 bits per heavy atom. The van der Waals surface area contributed by atoms with Crippen molar-refractivity contribution in [1.82, 2.24) is 0 Å². The smallest absolute Gasteiger partial charge is 0.239 e. The van der Waals surface area contributed by atoms with Crippen LogP contribution in [0.1, 0.15) is 0 Å². The van der Waals surface area contributed by atoms with Crippen LogP contribution in [0.4, 0.5) is 5.69 Å². The van der Waals surface area contributed by atoms with E-state index in [1.165, 1.54) is 6.07 Å². The van der Waals surface area contributed by atoms with E-state index >= 15 is 0 Å². The molecule has 1 amide bonds. The molecular weight excluding hydrogens is 273 g/mol. The maximum atomic E-state index is 11.3. The van der Waals surface area contributed by atoms with Gasteiger partial charge in [-0.3, -0.25) is 4.79 Å². The van der Waals surface area contributed by atoms with Gasteiger partial charge in [-0.05, 0) is 12.1 Å². The first kappa shape index (κ1) is 13.3. The molecule has 0 saturated heterocycles. The summed E-state index contributed by atoms with van der Waals surface area (Å²) in [6, 6.07) is 4.70. The zero-order valence-electron chi connectivity index (χ0n) is 8.33. The molecule has 1 aromatic rings. The van der Waals surface area contributed by atoms with Gasteiger partial charge in [-0.2, -0.15) is 0 Å². The van der Waals surface area contributed by atoms with E-state index in [1.54, 1.807) is 12.1 Å². The van der Waals surface area contributed by atoms with E-state index in [-0.39, 0.29) is 5.02 Å². The minimum atomic E-state index is -3.35. The lowest BCUT2D eigenvalue weighted by molar-refractivity contribution is -0.113. The lowest BCUT2D eigenvalue weighted by atomic mass is 10.3. The Hall–Kier alpha value is -0.780. The SMILES string of the molecule is CS(=O)(=O)CC(=O)Nc1cccc(Cl)c1Cl. The van der Waals surface area contributed by atoms with Crippen LogP contribution in [0.3, 0.4) is 0 Å². The van der Waals surface area contributed by atoms with Crippen molar-refractivity contribution >= 4 is 44.6 Å². The zero-order valence-corrected chi connectivity index (χ0v) is 10.7. The molecule has 0 unspecified atom stereocenters. The van der Waals surface area contributed by atoms with E-state index in [0.717, 1.165) is 6.26 Å². The predicted molar refractivity (Wildman–Crippen MR) is 64.8 cm³/mol. The first-order valence-electron chi connectivity index (χ1n) is 4.21. The summed E-state index contributed by atoms with van der Waals surface area (Å²) in [5.74, 6) is -1.23. The Morgan fingerprint density at radius 1 is 1.38 bits per heavy atom. The molecule has 1 rings (SSSR count). The molecule has 1 aromatic carbocycles. The molecule has 16 heavy (non-hydrogen) atoms. The molecule has 88 valence electrons. The number of amides is 1. The lowest BCUT2D eigenvalue weighted by Gasteiger charge is -2.07. The number of hydrogen-bond acceptors (Lipinski definition) is 3. The molecule has 4 nitrogen and oxygen atoms in total. The molecule has 0 radical (unpaired) electrons. The Bertz CT molecular complexity index is 513. The van der Waals surface area contributed by atoms with E-state index in [4.69, 9.17) is 23.2 Å². The average molecular weight is 282 g/mol. The molecule has 0 aromatic heterocycles. The highest BCUT2D eigenvalue weighted by molar-refractivity contribution is 7.91. The Labute approximate surface area is 103 Å². The van der Waals surface area contributed by atoms with Crippen molar-refractivity contribution in [2.45, 2.75) is 0 Å². The van der Waals surface area contributed by atoms with Crippen LogP contribution in [-0.4, -0.2) is 26.3 Å². The molecular formula is C9H9Cl2NO3S. The molecule has 7 heteroatoms. The summed E-state index contributed by atoms with van der Waals surface area (Å²) in [7, 11) is -3.35. The van der Waals surface area contributed by atoms with Gasteiger partial charge < -0.3 is 5.32 Å². The van der Waals surface area contributed by atoms with Gasteiger partial charge in [0.2, 0.25) is 5.91 Å². The fourth-order valence-corrected chi connectivity index (χ4v) is 1.92. The molecule has 1 N–H and O–H groups in total. The van der Waals surface area contributed by atoms with E-state index in [0.29, 0.717) is 10.7 Å². The van der Waals surface area contributed by atoms with Crippen LogP contribution in [0.15, 0.2) is 18.2 Å². The fourth-order valence-electron chi connectivity index (χ4n) is 1.02. The molecule has 0 heterocycles. The summed E-state index contributed by atoms with van der Waals surface area (Å²) in [5, 5.41) is 2.85. The predicted octanol–water partition coefficient (Wildman–Crippen LogP) is 1.98. The molecule has 0 aliphatic carbocycles. The van der Waals surface area contributed by atoms with E-state index in [9.17, 15) is 13.2 Å². The number of benzene rings is 1. The maximum absolute atomic E-state index is 11.3. The minimum absolute atomic E-state index is 0.186. The summed E-state index contributed by atoms with van der Waals surface area (Å²) in [5.41, 5.74) is 0.294. The van der Waals surface area contributed by atoms with Gasteiger partial charge in [0.1, 0.15) is 5.75 Å². The highest BCUT2D eigenvalue weighted by Gasteiger charge is 2.13. The summed E-state index contributed by atoms with van der Waals surface area (Å²) in [4.78, 5) is 11.3. The standard InChI is InChI=1S/C9H9Cl2NO3S/c1-16(14,15)5-8(13)12-7-4-2-3-6(10)9(7)11/h2-4H,5H2,1H3,(H,12,13). The van der Waals surface area contributed by atoms with Crippen LogP contribution in [0.2, 0.25) is 10.0 Å². The topological polar surface area (TPSA) is 63.2 Å². The second kappa shape index (κ2) is 5.03. The van der Waals surface area contributed by atoms with Gasteiger partial charge >= 0.3 is 0 Å². The van der Waals surface area contributed by atoms with E-state index in [1.807, 2.05) is 0 Å². The van der Waals surface area contributed by atoms with Gasteiger partial charge in [-0.15, -0.1) is 0 Å². The molecule has 0 fully saturated rings. The van der Waals surface area contributed by atoms with Crippen LogP contribution >= 0.6 is 23.2 Å². The second-order valence-corrected chi connectivity index (χ2v) is 6.14. The van der Waals surface area contributed by atoms with Crippen molar-refractivity contribution in [1.29, 1.82) is 0 Å². The van der Waals surface area contributed by atoms with Gasteiger partial charge in [0.05, 0.1) is 15.7 Å². The van der Waals surface area contributed by atoms with Crippen molar-refractivity contribution in [2.75, 3.05) is 17.3 Å². The average Bonchev–Trinajstić information content (AvgIpc) is 2.09. The molecule has 0 atom stereocenters. The zero-order chi connectivity index (χ0) is 12.3.